The van der Waals surface area contributed by atoms with E-state index in [0.717, 1.165) is 24.7 Å². The SMILES string of the molecule is O=C(O)CN(Cc1ccc(CN2CCC3(CCN(C4CCCCC4)CC3)C2)cc1)C(=O)C(Cc1ncc[nH]1)Cc1ncc[nH]1. The van der Waals surface area contributed by atoms with E-state index in [1.54, 1.807) is 24.8 Å². The molecule has 4 heterocycles. The number of aliphatic carboxylic acids is 1. The van der Waals surface area contributed by atoms with Crippen molar-refractivity contribution in [3.8, 4) is 0 Å². The van der Waals surface area contributed by atoms with E-state index in [-0.39, 0.29) is 19.0 Å². The van der Waals surface area contributed by atoms with Crippen LogP contribution in [0.15, 0.2) is 49.1 Å². The monoisotopic (exact) mass is 601 g/mol. The molecule has 0 bridgehead atoms. The Bertz CT molecular complexity index is 1290. The zero-order valence-electron chi connectivity index (χ0n) is 25.8. The van der Waals surface area contributed by atoms with Gasteiger partial charge in [-0.3, -0.25) is 14.5 Å². The van der Waals surface area contributed by atoms with Crippen LogP contribution < -0.4 is 0 Å². The summed E-state index contributed by atoms with van der Waals surface area (Å²) in [6.45, 7) is 5.68. The Morgan fingerprint density at radius 1 is 0.909 bits per heavy atom. The van der Waals surface area contributed by atoms with Crippen LogP contribution >= 0.6 is 0 Å². The van der Waals surface area contributed by atoms with Crippen molar-refractivity contribution in [3.63, 3.8) is 0 Å². The van der Waals surface area contributed by atoms with Gasteiger partial charge in [0.2, 0.25) is 5.91 Å². The van der Waals surface area contributed by atoms with E-state index in [9.17, 15) is 14.7 Å². The molecule has 1 spiro atoms. The van der Waals surface area contributed by atoms with Gasteiger partial charge < -0.3 is 24.9 Å². The summed E-state index contributed by atoms with van der Waals surface area (Å²) >= 11 is 0. The van der Waals surface area contributed by atoms with Crippen molar-refractivity contribution in [2.24, 2.45) is 11.3 Å². The summed E-state index contributed by atoms with van der Waals surface area (Å²) in [5.41, 5.74) is 2.66. The quantitative estimate of drug-likeness (QED) is 0.284. The maximum atomic E-state index is 13.8. The normalized spacial score (nSPS) is 19.6. The first-order valence-electron chi connectivity index (χ1n) is 16.5. The number of hydrogen-bond acceptors (Lipinski definition) is 6. The molecule has 3 fully saturated rings. The van der Waals surface area contributed by atoms with Crippen LogP contribution in [-0.2, 0) is 35.5 Å². The highest BCUT2D eigenvalue weighted by Crippen LogP contribution is 2.42. The average molecular weight is 602 g/mol. The maximum absolute atomic E-state index is 13.8. The summed E-state index contributed by atoms with van der Waals surface area (Å²) in [5, 5.41) is 9.66. The molecule has 10 heteroatoms. The number of nitrogens with one attached hydrogen (secondary N) is 2. The van der Waals surface area contributed by atoms with Crippen LogP contribution in [-0.4, -0.2) is 90.4 Å². The Kier molecular flexibility index (Phi) is 9.76. The van der Waals surface area contributed by atoms with Gasteiger partial charge in [-0.25, -0.2) is 9.97 Å². The van der Waals surface area contributed by atoms with E-state index < -0.39 is 11.9 Å². The number of likely N-dealkylation sites (tertiary alicyclic amines) is 2. The zero-order chi connectivity index (χ0) is 30.4. The summed E-state index contributed by atoms with van der Waals surface area (Å²) in [4.78, 5) is 47.1. The highest BCUT2D eigenvalue weighted by molar-refractivity contribution is 5.83. The van der Waals surface area contributed by atoms with Crippen molar-refractivity contribution >= 4 is 11.9 Å². The number of H-pyrrole nitrogens is 2. The molecule has 1 saturated carbocycles. The van der Waals surface area contributed by atoms with Crippen LogP contribution in [0.5, 0.6) is 0 Å². The molecular weight excluding hydrogens is 554 g/mol. The van der Waals surface area contributed by atoms with Gasteiger partial charge in [-0.15, -0.1) is 0 Å². The highest BCUT2D eigenvalue weighted by Gasteiger charge is 2.41. The first kappa shape index (κ1) is 30.5. The Morgan fingerprint density at radius 3 is 2.11 bits per heavy atom. The number of piperidine rings is 1. The fraction of sp³-hybridized carbons (Fsp3) is 0.588. The summed E-state index contributed by atoms with van der Waals surface area (Å²) in [7, 11) is 0. The van der Waals surface area contributed by atoms with Gasteiger partial charge in [-0.2, -0.15) is 0 Å². The van der Waals surface area contributed by atoms with Crippen LogP contribution in [0.1, 0.15) is 74.1 Å². The highest BCUT2D eigenvalue weighted by atomic mass is 16.4. The minimum atomic E-state index is -1.03. The molecule has 2 aromatic heterocycles. The molecule has 10 nitrogen and oxygen atoms in total. The Morgan fingerprint density at radius 2 is 1.52 bits per heavy atom. The zero-order valence-corrected chi connectivity index (χ0v) is 25.8. The predicted octanol–water partition coefficient (Wildman–Crippen LogP) is 4.27. The number of nitrogens with zero attached hydrogens (tertiary/aromatic N) is 5. The third kappa shape index (κ3) is 7.77. The molecule has 3 aliphatic rings. The number of amides is 1. The van der Waals surface area contributed by atoms with Gasteiger partial charge in [0.1, 0.15) is 18.2 Å². The molecule has 2 saturated heterocycles. The number of benzene rings is 1. The molecule has 6 rings (SSSR count). The maximum Gasteiger partial charge on any atom is 0.323 e. The van der Waals surface area contributed by atoms with Crippen molar-refractivity contribution in [2.45, 2.75) is 83.3 Å². The second kappa shape index (κ2) is 14.1. The lowest BCUT2D eigenvalue weighted by molar-refractivity contribution is -0.146. The van der Waals surface area contributed by atoms with Crippen LogP contribution in [0.2, 0.25) is 0 Å². The second-order valence-electron chi connectivity index (χ2n) is 13.4. The Labute approximate surface area is 260 Å². The fourth-order valence-electron chi connectivity index (χ4n) is 7.78. The Hall–Kier alpha value is -3.50. The number of aromatic nitrogens is 4. The summed E-state index contributed by atoms with van der Waals surface area (Å²) in [5.74, 6) is -0.373. The fourth-order valence-corrected chi connectivity index (χ4v) is 7.78. The first-order valence-corrected chi connectivity index (χ1v) is 16.5. The molecule has 1 aromatic carbocycles. The Balaban J connectivity index is 1.04. The van der Waals surface area contributed by atoms with E-state index >= 15 is 0 Å². The predicted molar refractivity (Wildman–Crippen MR) is 168 cm³/mol. The number of carboxylic acid groups (broad SMARTS) is 1. The number of carbonyl (C=O) groups is 2. The molecule has 0 atom stereocenters. The van der Waals surface area contributed by atoms with E-state index in [2.05, 4.69) is 41.9 Å². The van der Waals surface area contributed by atoms with Crippen LogP contribution in [0.4, 0.5) is 0 Å². The topological polar surface area (TPSA) is 121 Å². The van der Waals surface area contributed by atoms with Gasteiger partial charge >= 0.3 is 5.97 Å². The minimum absolute atomic E-state index is 0.221. The smallest absolute Gasteiger partial charge is 0.323 e. The van der Waals surface area contributed by atoms with Crippen molar-refractivity contribution in [1.82, 2.24) is 34.6 Å². The number of aromatic amines is 2. The molecular formula is C34H47N7O3. The number of imidazole rings is 2. The molecule has 0 radical (unpaired) electrons. The van der Waals surface area contributed by atoms with E-state index in [0.29, 0.717) is 29.9 Å². The van der Waals surface area contributed by atoms with Gasteiger partial charge in [-0.05, 0) is 68.3 Å². The third-order valence-electron chi connectivity index (χ3n) is 10.2. The molecule has 236 valence electrons. The van der Waals surface area contributed by atoms with Gasteiger partial charge in [0.05, 0.1) is 5.92 Å². The van der Waals surface area contributed by atoms with Crippen molar-refractivity contribution in [2.75, 3.05) is 32.7 Å². The molecule has 1 amide bonds. The molecule has 3 aromatic rings. The van der Waals surface area contributed by atoms with Gasteiger partial charge in [0.25, 0.3) is 0 Å². The standard InChI is InChI=1S/C34H47N7O3/c42-32(43)24-41(33(44)28(20-30-35-13-14-36-30)21-31-37-15-16-38-31)23-27-8-6-26(7-9-27)22-39-17-10-34(25-39)11-18-40(19-12-34)29-4-2-1-3-5-29/h6-9,13-16,28-29H,1-5,10-12,17-25H2,(H,35,36)(H,37,38)(H,42,43). The van der Waals surface area contributed by atoms with Gasteiger partial charge in [-0.1, -0.05) is 43.5 Å². The van der Waals surface area contributed by atoms with E-state index in [4.69, 9.17) is 0 Å². The third-order valence-corrected chi connectivity index (χ3v) is 10.2. The largest absolute Gasteiger partial charge is 0.480 e. The molecule has 1 aliphatic carbocycles. The number of rotatable bonds is 12. The van der Waals surface area contributed by atoms with Crippen molar-refractivity contribution < 1.29 is 14.7 Å². The summed E-state index contributed by atoms with van der Waals surface area (Å²) in [6, 6.07) is 9.19. The molecule has 2 aliphatic heterocycles. The lowest BCUT2D eigenvalue weighted by Gasteiger charge is -2.43. The summed E-state index contributed by atoms with van der Waals surface area (Å²) < 4.78 is 0. The minimum Gasteiger partial charge on any atom is -0.480 e. The number of carboxylic acids is 1. The van der Waals surface area contributed by atoms with E-state index in [1.165, 1.54) is 81.5 Å². The van der Waals surface area contributed by atoms with Crippen molar-refractivity contribution in [3.05, 3.63) is 71.8 Å². The van der Waals surface area contributed by atoms with Crippen LogP contribution in [0.25, 0.3) is 0 Å². The molecule has 0 unspecified atom stereocenters. The molecule has 3 N–H and O–H groups in total. The van der Waals surface area contributed by atoms with Crippen molar-refractivity contribution in [1.29, 1.82) is 0 Å². The second-order valence-corrected chi connectivity index (χ2v) is 13.4. The number of carbonyl (C=O) groups excluding carboxylic acids is 1. The van der Waals surface area contributed by atoms with Gasteiger partial charge in [0, 0.05) is 63.3 Å². The number of hydrogen-bond donors (Lipinski definition) is 3. The molecule has 44 heavy (non-hydrogen) atoms. The van der Waals surface area contributed by atoms with Crippen LogP contribution in [0.3, 0.4) is 0 Å². The van der Waals surface area contributed by atoms with E-state index in [1.807, 2.05) is 12.1 Å². The van der Waals surface area contributed by atoms with Crippen LogP contribution in [0, 0.1) is 11.3 Å². The first-order chi connectivity index (χ1) is 21.4. The lowest BCUT2D eigenvalue weighted by atomic mass is 9.77. The van der Waals surface area contributed by atoms with Gasteiger partial charge in [0.15, 0.2) is 0 Å². The average Bonchev–Trinajstić information content (AvgIpc) is 3.82. The summed E-state index contributed by atoms with van der Waals surface area (Å²) in [6.07, 6.45) is 18.5. The lowest BCUT2D eigenvalue weighted by Crippen LogP contribution is -2.46.